The normalized spacial score (nSPS) is 20.7. The maximum atomic E-state index is 13.2. The van der Waals surface area contributed by atoms with Gasteiger partial charge in [-0.15, -0.1) is 0 Å². The minimum Gasteiger partial charge on any atom is -0.334 e. The number of anilines is 1. The monoisotopic (exact) mass is 398 g/mol. The van der Waals surface area contributed by atoms with Gasteiger partial charge in [0.05, 0.1) is 11.7 Å². The van der Waals surface area contributed by atoms with E-state index in [9.17, 15) is 4.79 Å². The van der Waals surface area contributed by atoms with Gasteiger partial charge in [-0.3, -0.25) is 9.69 Å². The van der Waals surface area contributed by atoms with Crippen molar-refractivity contribution in [2.24, 2.45) is 0 Å². The number of thioether (sulfide) groups is 2. The minimum absolute atomic E-state index is 0.00473. The number of hydrogen-bond acceptors (Lipinski definition) is 5. The molecule has 0 bridgehead atoms. The summed E-state index contributed by atoms with van der Waals surface area (Å²) in [7, 11) is 0. The number of carbonyl (C=O) groups excluding carboxylic acids is 1. The molecule has 132 valence electrons. The molecule has 1 saturated heterocycles. The Morgan fingerprint density at radius 3 is 2.46 bits per heavy atom. The van der Waals surface area contributed by atoms with Crippen LogP contribution in [0.25, 0.3) is 0 Å². The number of carbonyl (C=O) groups is 1. The van der Waals surface area contributed by atoms with E-state index in [1.165, 1.54) is 16.7 Å². The van der Waals surface area contributed by atoms with Gasteiger partial charge in [0.25, 0.3) is 5.91 Å². The Labute approximate surface area is 167 Å². The van der Waals surface area contributed by atoms with Crippen LogP contribution in [0.2, 0.25) is 0 Å². The fraction of sp³-hybridized carbons (Fsp3) is 0.200. The van der Waals surface area contributed by atoms with Crippen LogP contribution in [0.4, 0.5) is 5.69 Å². The second-order valence-corrected chi connectivity index (χ2v) is 8.75. The molecule has 0 saturated carbocycles. The number of thiocarbonyl (C=S) groups is 1. The van der Waals surface area contributed by atoms with Crippen molar-refractivity contribution in [2.75, 3.05) is 11.4 Å². The van der Waals surface area contributed by atoms with Crippen LogP contribution in [0.3, 0.4) is 0 Å². The SMILES string of the molecule is CCN1/C(=C2/SC(=S)N([C@@H](C)c3ccccc3)C2=O)Sc2ccccc21. The van der Waals surface area contributed by atoms with Gasteiger partial charge in [0.2, 0.25) is 0 Å². The molecular weight excluding hydrogens is 380 g/mol. The lowest BCUT2D eigenvalue weighted by Gasteiger charge is -2.24. The van der Waals surface area contributed by atoms with Crippen molar-refractivity contribution in [3.8, 4) is 0 Å². The molecular formula is C20H18N2OS3. The molecule has 3 nitrogen and oxygen atoms in total. The average molecular weight is 399 g/mol. The zero-order valence-corrected chi connectivity index (χ0v) is 17.0. The van der Waals surface area contributed by atoms with Crippen molar-refractivity contribution in [2.45, 2.75) is 24.8 Å². The van der Waals surface area contributed by atoms with Crippen molar-refractivity contribution < 1.29 is 4.79 Å². The Balaban J connectivity index is 1.71. The molecule has 4 rings (SSSR count). The summed E-state index contributed by atoms with van der Waals surface area (Å²) in [4.78, 5) is 19.1. The third-order valence-electron chi connectivity index (χ3n) is 4.59. The molecule has 1 fully saturated rings. The summed E-state index contributed by atoms with van der Waals surface area (Å²) in [5, 5.41) is 0.994. The Morgan fingerprint density at radius 2 is 1.73 bits per heavy atom. The molecule has 0 unspecified atom stereocenters. The number of para-hydroxylation sites is 1. The van der Waals surface area contributed by atoms with Gasteiger partial charge in [-0.2, -0.15) is 0 Å². The number of benzene rings is 2. The van der Waals surface area contributed by atoms with Crippen molar-refractivity contribution in [1.82, 2.24) is 4.90 Å². The maximum Gasteiger partial charge on any atom is 0.269 e. The van der Waals surface area contributed by atoms with Crippen molar-refractivity contribution in [3.63, 3.8) is 0 Å². The molecule has 6 heteroatoms. The summed E-state index contributed by atoms with van der Waals surface area (Å²) in [6.07, 6.45) is 0. The van der Waals surface area contributed by atoms with Gasteiger partial charge in [0.15, 0.2) is 0 Å². The summed E-state index contributed by atoms with van der Waals surface area (Å²) >= 11 is 8.65. The predicted molar refractivity (Wildman–Crippen MR) is 114 cm³/mol. The average Bonchev–Trinajstić information content (AvgIpc) is 3.18. The Morgan fingerprint density at radius 1 is 1.04 bits per heavy atom. The van der Waals surface area contributed by atoms with Crippen LogP contribution in [-0.2, 0) is 4.79 Å². The van der Waals surface area contributed by atoms with Gasteiger partial charge in [-0.1, -0.05) is 78.2 Å². The number of amides is 1. The first-order chi connectivity index (χ1) is 12.6. The van der Waals surface area contributed by atoms with Crippen molar-refractivity contribution in [1.29, 1.82) is 0 Å². The van der Waals surface area contributed by atoms with Gasteiger partial charge >= 0.3 is 0 Å². The molecule has 2 aliphatic heterocycles. The molecule has 2 aliphatic rings. The van der Waals surface area contributed by atoms with Crippen LogP contribution in [0.15, 0.2) is 69.4 Å². The highest BCUT2D eigenvalue weighted by molar-refractivity contribution is 8.27. The molecule has 0 spiro atoms. The first-order valence-electron chi connectivity index (χ1n) is 8.50. The Bertz CT molecular complexity index is 910. The van der Waals surface area contributed by atoms with E-state index in [1.807, 2.05) is 49.4 Å². The van der Waals surface area contributed by atoms with E-state index >= 15 is 0 Å². The molecule has 0 N–H and O–H groups in total. The predicted octanol–water partition coefficient (Wildman–Crippen LogP) is 5.41. The van der Waals surface area contributed by atoms with Crippen LogP contribution in [0, 0.1) is 0 Å². The van der Waals surface area contributed by atoms with E-state index < -0.39 is 0 Å². The Kier molecular flexibility index (Phi) is 4.82. The Hall–Kier alpha value is -1.76. The lowest BCUT2D eigenvalue weighted by Crippen LogP contribution is -2.31. The number of hydrogen-bond donors (Lipinski definition) is 0. The fourth-order valence-corrected chi connectivity index (χ4v) is 6.03. The maximum absolute atomic E-state index is 13.2. The molecule has 0 radical (unpaired) electrons. The zero-order chi connectivity index (χ0) is 18.3. The lowest BCUT2D eigenvalue weighted by molar-refractivity contribution is -0.123. The summed E-state index contributed by atoms with van der Waals surface area (Å²) in [5.41, 5.74) is 2.25. The fourth-order valence-electron chi connectivity index (χ4n) is 3.24. The first kappa shape index (κ1) is 17.6. The summed E-state index contributed by atoms with van der Waals surface area (Å²) < 4.78 is 0.626. The summed E-state index contributed by atoms with van der Waals surface area (Å²) in [6, 6.07) is 18.2. The number of fused-ring (bicyclic) bond motifs is 1. The van der Waals surface area contributed by atoms with E-state index in [0.717, 1.165) is 27.7 Å². The highest BCUT2D eigenvalue weighted by atomic mass is 32.2. The zero-order valence-electron chi connectivity index (χ0n) is 14.5. The highest BCUT2D eigenvalue weighted by Crippen LogP contribution is 2.51. The molecule has 2 aromatic carbocycles. The van der Waals surface area contributed by atoms with Crippen molar-refractivity contribution >= 4 is 51.7 Å². The molecule has 2 heterocycles. The van der Waals surface area contributed by atoms with Crippen LogP contribution in [-0.4, -0.2) is 21.7 Å². The quantitative estimate of drug-likeness (QED) is 0.508. The topological polar surface area (TPSA) is 23.6 Å². The second kappa shape index (κ2) is 7.10. The molecule has 1 atom stereocenters. The number of rotatable bonds is 3. The summed E-state index contributed by atoms with van der Waals surface area (Å²) in [5.74, 6) is 0.00473. The smallest absolute Gasteiger partial charge is 0.269 e. The van der Waals surface area contributed by atoms with E-state index in [0.29, 0.717) is 4.32 Å². The van der Waals surface area contributed by atoms with Crippen LogP contribution in [0.5, 0.6) is 0 Å². The van der Waals surface area contributed by atoms with Crippen molar-refractivity contribution in [3.05, 3.63) is 70.1 Å². The van der Waals surface area contributed by atoms with Crippen LogP contribution < -0.4 is 4.90 Å². The van der Waals surface area contributed by atoms with Gasteiger partial charge in [0, 0.05) is 11.4 Å². The van der Waals surface area contributed by atoms with Gasteiger partial charge in [-0.05, 0) is 31.5 Å². The second-order valence-electron chi connectivity index (χ2n) is 6.08. The van der Waals surface area contributed by atoms with E-state index in [4.69, 9.17) is 12.2 Å². The molecule has 0 aliphatic carbocycles. The van der Waals surface area contributed by atoms with E-state index in [2.05, 4.69) is 24.0 Å². The molecule has 1 amide bonds. The molecule has 0 aromatic heterocycles. The third kappa shape index (κ3) is 2.86. The largest absolute Gasteiger partial charge is 0.334 e. The molecule has 26 heavy (non-hydrogen) atoms. The number of nitrogens with zero attached hydrogens (tertiary/aromatic N) is 2. The standard InChI is InChI=1S/C20H18N2OS3/c1-3-21-15-11-7-8-12-16(15)25-19(21)17-18(23)22(20(24)26-17)13(2)14-9-5-4-6-10-14/h4-13H,3H2,1-2H3/b19-17-/t13-/m0/s1. The molecule has 2 aromatic rings. The third-order valence-corrected chi connectivity index (χ3v) is 7.29. The van der Waals surface area contributed by atoms with E-state index in [1.54, 1.807) is 16.7 Å². The first-order valence-corrected chi connectivity index (χ1v) is 10.5. The van der Waals surface area contributed by atoms with Gasteiger partial charge in [-0.25, -0.2) is 0 Å². The van der Waals surface area contributed by atoms with Gasteiger partial charge in [0.1, 0.15) is 14.3 Å². The van der Waals surface area contributed by atoms with Gasteiger partial charge < -0.3 is 4.90 Å². The van der Waals surface area contributed by atoms with Crippen LogP contribution >= 0.6 is 35.7 Å². The lowest BCUT2D eigenvalue weighted by atomic mass is 10.1. The van der Waals surface area contributed by atoms with E-state index in [-0.39, 0.29) is 11.9 Å². The minimum atomic E-state index is -0.0781. The van der Waals surface area contributed by atoms with Crippen LogP contribution in [0.1, 0.15) is 25.5 Å². The highest BCUT2D eigenvalue weighted by Gasteiger charge is 2.40. The summed E-state index contributed by atoms with van der Waals surface area (Å²) in [6.45, 7) is 4.95.